The highest BCUT2D eigenvalue weighted by atomic mass is 16.6. The smallest absolute Gasteiger partial charge is 0.338 e. The van der Waals surface area contributed by atoms with Crippen LogP contribution in [0.2, 0.25) is 0 Å². The summed E-state index contributed by atoms with van der Waals surface area (Å²) in [6.45, 7) is -0.134. The maximum absolute atomic E-state index is 12.2. The third kappa shape index (κ3) is 4.60. The minimum Gasteiger partial charge on any atom is -0.459 e. The van der Waals surface area contributed by atoms with Gasteiger partial charge in [0.2, 0.25) is 0 Å². The van der Waals surface area contributed by atoms with Gasteiger partial charge in [-0.3, -0.25) is 0 Å². The number of rotatable bonds is 5. The molecule has 1 heterocycles. The van der Waals surface area contributed by atoms with Crippen molar-refractivity contribution in [2.75, 3.05) is 6.61 Å². The lowest BCUT2D eigenvalue weighted by Crippen LogP contribution is -2.48. The topological polar surface area (TPSA) is 76.0 Å². The van der Waals surface area contributed by atoms with Crippen LogP contribution in [0.1, 0.15) is 28.4 Å². The summed E-state index contributed by atoms with van der Waals surface area (Å²) in [5, 5.41) is 20.6. The summed E-state index contributed by atoms with van der Waals surface area (Å²) in [6, 6.07) is 26.6. The van der Waals surface area contributed by atoms with Crippen molar-refractivity contribution in [3.05, 3.63) is 96.1 Å². The van der Waals surface area contributed by atoms with Crippen LogP contribution in [-0.2, 0) is 9.47 Å². The van der Waals surface area contributed by atoms with E-state index < -0.39 is 30.4 Å². The maximum Gasteiger partial charge on any atom is 0.338 e. The molecule has 30 heavy (non-hydrogen) atoms. The largest absolute Gasteiger partial charge is 0.459 e. The quantitative estimate of drug-likeness (QED) is 0.634. The average molecular weight is 404 g/mol. The normalized spacial score (nSPS) is 23.7. The van der Waals surface area contributed by atoms with E-state index in [0.717, 1.165) is 16.7 Å². The summed E-state index contributed by atoms with van der Waals surface area (Å²) in [5.41, 5.74) is 3.54. The molecule has 1 saturated heterocycles. The van der Waals surface area contributed by atoms with Crippen molar-refractivity contribution >= 4 is 5.97 Å². The number of benzene rings is 3. The number of hydrogen-bond acceptors (Lipinski definition) is 5. The molecule has 4 atom stereocenters. The van der Waals surface area contributed by atoms with E-state index >= 15 is 0 Å². The first kappa shape index (κ1) is 20.3. The Labute approximate surface area is 175 Å². The van der Waals surface area contributed by atoms with Gasteiger partial charge in [-0.1, -0.05) is 72.8 Å². The van der Waals surface area contributed by atoms with Gasteiger partial charge in [-0.2, -0.15) is 0 Å². The van der Waals surface area contributed by atoms with Crippen LogP contribution >= 0.6 is 0 Å². The maximum atomic E-state index is 12.2. The molecule has 0 aliphatic carbocycles. The highest BCUT2D eigenvalue weighted by Gasteiger charge is 2.38. The van der Waals surface area contributed by atoms with Crippen LogP contribution in [-0.4, -0.2) is 41.1 Å². The summed E-state index contributed by atoms with van der Waals surface area (Å²) in [4.78, 5) is 12.2. The minimum atomic E-state index is -1.12. The van der Waals surface area contributed by atoms with Gasteiger partial charge in [0.05, 0.1) is 17.8 Å². The molecule has 0 bridgehead atoms. The first-order valence-electron chi connectivity index (χ1n) is 10.0. The molecule has 5 nitrogen and oxygen atoms in total. The summed E-state index contributed by atoms with van der Waals surface area (Å²) in [6.07, 6.45) is -3.00. The zero-order chi connectivity index (χ0) is 20.9. The third-order valence-corrected chi connectivity index (χ3v) is 5.35. The summed E-state index contributed by atoms with van der Waals surface area (Å²) < 4.78 is 11.3. The Morgan fingerprint density at radius 2 is 1.47 bits per heavy atom. The van der Waals surface area contributed by atoms with Gasteiger partial charge in [0.25, 0.3) is 0 Å². The number of esters is 1. The zero-order valence-corrected chi connectivity index (χ0v) is 16.4. The van der Waals surface area contributed by atoms with Crippen molar-refractivity contribution in [1.82, 2.24) is 0 Å². The second kappa shape index (κ2) is 9.22. The van der Waals surface area contributed by atoms with E-state index in [-0.39, 0.29) is 13.0 Å². The summed E-state index contributed by atoms with van der Waals surface area (Å²) >= 11 is 0. The number of hydrogen-bond donors (Lipinski definition) is 2. The Morgan fingerprint density at radius 1 is 0.867 bits per heavy atom. The molecule has 0 saturated carbocycles. The zero-order valence-electron chi connectivity index (χ0n) is 16.4. The Hall–Kier alpha value is -2.99. The molecule has 2 N–H and O–H groups in total. The van der Waals surface area contributed by atoms with E-state index in [0.29, 0.717) is 5.56 Å². The van der Waals surface area contributed by atoms with Gasteiger partial charge < -0.3 is 19.7 Å². The molecule has 3 aromatic carbocycles. The number of ether oxygens (including phenoxy) is 2. The van der Waals surface area contributed by atoms with Crippen LogP contribution in [0, 0.1) is 0 Å². The molecule has 0 radical (unpaired) electrons. The van der Waals surface area contributed by atoms with Gasteiger partial charge in [0.1, 0.15) is 18.8 Å². The molecular weight excluding hydrogens is 380 g/mol. The van der Waals surface area contributed by atoms with Crippen LogP contribution in [0.4, 0.5) is 0 Å². The monoisotopic (exact) mass is 404 g/mol. The Balaban J connectivity index is 1.43. The first-order valence-corrected chi connectivity index (χ1v) is 10.0. The SMILES string of the molecule is O=C(OC[C@H]1O[C@@H](c2ccc(-c3ccccc3)cc2)C[C@@H](O)[C@@H]1O)c1ccccc1. The second-order valence-electron chi connectivity index (χ2n) is 7.41. The lowest BCUT2D eigenvalue weighted by atomic mass is 9.93. The van der Waals surface area contributed by atoms with Gasteiger partial charge in [0.15, 0.2) is 0 Å². The molecule has 1 fully saturated rings. The van der Waals surface area contributed by atoms with Gasteiger partial charge in [-0.15, -0.1) is 0 Å². The highest BCUT2D eigenvalue weighted by Crippen LogP contribution is 2.33. The van der Waals surface area contributed by atoms with Crippen molar-refractivity contribution in [2.45, 2.75) is 30.8 Å². The van der Waals surface area contributed by atoms with Crippen molar-refractivity contribution in [1.29, 1.82) is 0 Å². The van der Waals surface area contributed by atoms with Gasteiger partial charge >= 0.3 is 5.97 Å². The van der Waals surface area contributed by atoms with Crippen LogP contribution < -0.4 is 0 Å². The third-order valence-electron chi connectivity index (χ3n) is 5.35. The fourth-order valence-electron chi connectivity index (χ4n) is 3.64. The first-order chi connectivity index (χ1) is 14.6. The molecule has 0 unspecified atom stereocenters. The molecule has 1 aliphatic rings. The Morgan fingerprint density at radius 3 is 2.13 bits per heavy atom. The van der Waals surface area contributed by atoms with E-state index in [2.05, 4.69) is 0 Å². The molecule has 4 rings (SSSR count). The predicted molar refractivity (Wildman–Crippen MR) is 113 cm³/mol. The van der Waals surface area contributed by atoms with Gasteiger partial charge in [-0.25, -0.2) is 4.79 Å². The van der Waals surface area contributed by atoms with Crippen molar-refractivity contribution in [3.8, 4) is 11.1 Å². The molecule has 0 amide bonds. The molecular formula is C25H24O5. The minimum absolute atomic E-state index is 0.134. The fraction of sp³-hybridized carbons (Fsp3) is 0.240. The number of carbonyl (C=O) groups is 1. The molecule has 0 spiro atoms. The Kier molecular flexibility index (Phi) is 6.23. The molecule has 5 heteroatoms. The lowest BCUT2D eigenvalue weighted by Gasteiger charge is -2.37. The number of aliphatic hydroxyl groups is 2. The second-order valence-corrected chi connectivity index (χ2v) is 7.41. The van der Waals surface area contributed by atoms with E-state index in [4.69, 9.17) is 9.47 Å². The molecule has 1 aliphatic heterocycles. The fourth-order valence-corrected chi connectivity index (χ4v) is 3.64. The molecule has 0 aromatic heterocycles. The van der Waals surface area contributed by atoms with E-state index in [1.807, 2.05) is 60.7 Å². The van der Waals surface area contributed by atoms with E-state index in [9.17, 15) is 15.0 Å². The predicted octanol–water partition coefficient (Wildman–Crippen LogP) is 3.76. The molecule has 3 aromatic rings. The van der Waals surface area contributed by atoms with E-state index in [1.54, 1.807) is 24.3 Å². The summed E-state index contributed by atoms with van der Waals surface area (Å²) in [7, 11) is 0. The van der Waals surface area contributed by atoms with E-state index in [1.165, 1.54) is 0 Å². The van der Waals surface area contributed by atoms with Crippen LogP contribution in [0.5, 0.6) is 0 Å². The van der Waals surface area contributed by atoms with Gasteiger partial charge in [-0.05, 0) is 28.8 Å². The lowest BCUT2D eigenvalue weighted by molar-refractivity contribution is -0.182. The van der Waals surface area contributed by atoms with Crippen LogP contribution in [0.3, 0.4) is 0 Å². The average Bonchev–Trinajstić information content (AvgIpc) is 2.81. The highest BCUT2D eigenvalue weighted by molar-refractivity contribution is 5.89. The van der Waals surface area contributed by atoms with Crippen molar-refractivity contribution in [3.63, 3.8) is 0 Å². The molecule has 154 valence electrons. The number of carbonyl (C=O) groups excluding carboxylic acids is 1. The van der Waals surface area contributed by atoms with Crippen LogP contribution in [0.15, 0.2) is 84.9 Å². The van der Waals surface area contributed by atoms with Crippen LogP contribution in [0.25, 0.3) is 11.1 Å². The number of aliphatic hydroxyl groups excluding tert-OH is 2. The summed E-state index contributed by atoms with van der Waals surface area (Å²) in [5.74, 6) is -0.491. The Bertz CT molecular complexity index is 956. The standard InChI is InChI=1S/C25H24O5/c26-21-15-22(19-13-11-18(12-14-19)17-7-3-1-4-8-17)30-23(24(21)27)16-29-25(28)20-9-5-2-6-10-20/h1-14,21-24,26-27H,15-16H2/t21-,22-,23-,24+/m1/s1. The van der Waals surface area contributed by atoms with Gasteiger partial charge in [0, 0.05) is 6.42 Å². The van der Waals surface area contributed by atoms with Crippen molar-refractivity contribution < 1.29 is 24.5 Å². The van der Waals surface area contributed by atoms with Crippen molar-refractivity contribution in [2.24, 2.45) is 0 Å².